The van der Waals surface area contributed by atoms with Crippen LogP contribution < -0.4 is 10.6 Å². The van der Waals surface area contributed by atoms with Crippen LogP contribution in [0.3, 0.4) is 0 Å². The van der Waals surface area contributed by atoms with Crippen LogP contribution in [-0.2, 0) is 16.1 Å². The quantitative estimate of drug-likeness (QED) is 0.711. The monoisotopic (exact) mass is 277 g/mol. The van der Waals surface area contributed by atoms with Crippen molar-refractivity contribution >= 4 is 11.6 Å². The molecule has 0 bridgehead atoms. The Morgan fingerprint density at radius 3 is 2.55 bits per heavy atom. The second kappa shape index (κ2) is 8.09. The third kappa shape index (κ3) is 5.65. The van der Waals surface area contributed by atoms with E-state index >= 15 is 0 Å². The second-order valence-electron chi connectivity index (χ2n) is 4.53. The summed E-state index contributed by atoms with van der Waals surface area (Å²) in [5.41, 5.74) is 2.15. The van der Waals surface area contributed by atoms with Crippen molar-refractivity contribution in [2.24, 2.45) is 0 Å². The van der Waals surface area contributed by atoms with Crippen molar-refractivity contribution in [2.75, 3.05) is 32.5 Å². The highest BCUT2D eigenvalue weighted by atomic mass is 16.5. The summed E-state index contributed by atoms with van der Waals surface area (Å²) in [6.07, 6.45) is 0. The Bertz CT molecular complexity index is 443. The molecule has 1 aromatic carbocycles. The molecule has 0 radical (unpaired) electrons. The number of benzene rings is 1. The minimum Gasteiger partial charge on any atom is -0.475 e. The van der Waals surface area contributed by atoms with Crippen LogP contribution in [0.25, 0.3) is 0 Å². The van der Waals surface area contributed by atoms with E-state index in [2.05, 4.69) is 17.2 Å². The van der Waals surface area contributed by atoms with Crippen molar-refractivity contribution in [2.45, 2.75) is 13.5 Å². The van der Waals surface area contributed by atoms with Gasteiger partial charge in [0.25, 0.3) is 0 Å². The number of carbonyl (C=O) groups is 1. The molecule has 1 aromatic rings. The lowest BCUT2D eigenvalue weighted by Crippen LogP contribution is -2.31. The SMILES string of the molecule is C=C(OCc1ccc(NC)cc1)N(C)CCNC(C)=O. The summed E-state index contributed by atoms with van der Waals surface area (Å²) in [5.74, 6) is 0.558. The van der Waals surface area contributed by atoms with Gasteiger partial charge < -0.3 is 20.3 Å². The number of likely N-dealkylation sites (N-methyl/N-ethyl adjacent to an activating group) is 1. The first-order valence-electron chi connectivity index (χ1n) is 6.57. The van der Waals surface area contributed by atoms with Gasteiger partial charge in [-0.1, -0.05) is 12.1 Å². The Balaban J connectivity index is 2.32. The minimum absolute atomic E-state index is 0.0328. The van der Waals surface area contributed by atoms with E-state index in [9.17, 15) is 4.79 Å². The van der Waals surface area contributed by atoms with Gasteiger partial charge in [0.2, 0.25) is 5.91 Å². The van der Waals surface area contributed by atoms with Gasteiger partial charge in [0.15, 0.2) is 5.88 Å². The van der Waals surface area contributed by atoms with E-state index in [1.54, 1.807) is 0 Å². The van der Waals surface area contributed by atoms with Crippen LogP contribution in [0.2, 0.25) is 0 Å². The smallest absolute Gasteiger partial charge is 0.216 e. The Labute approximate surface area is 120 Å². The maximum absolute atomic E-state index is 10.8. The number of ether oxygens (including phenoxy) is 1. The topological polar surface area (TPSA) is 53.6 Å². The second-order valence-corrected chi connectivity index (χ2v) is 4.53. The predicted octanol–water partition coefficient (Wildman–Crippen LogP) is 1.78. The molecular weight excluding hydrogens is 254 g/mol. The number of carbonyl (C=O) groups excluding carboxylic acids is 1. The zero-order valence-corrected chi connectivity index (χ0v) is 12.4. The number of anilines is 1. The number of nitrogens with one attached hydrogen (secondary N) is 2. The van der Waals surface area contributed by atoms with Gasteiger partial charge in [-0.15, -0.1) is 0 Å². The van der Waals surface area contributed by atoms with Crippen LogP contribution in [0.1, 0.15) is 12.5 Å². The lowest BCUT2D eigenvalue weighted by molar-refractivity contribution is -0.119. The summed E-state index contributed by atoms with van der Waals surface area (Å²) in [5, 5.41) is 5.80. The molecule has 0 unspecified atom stereocenters. The minimum atomic E-state index is -0.0328. The van der Waals surface area contributed by atoms with Crippen molar-refractivity contribution in [3.05, 3.63) is 42.3 Å². The lowest BCUT2D eigenvalue weighted by Gasteiger charge is -2.21. The van der Waals surface area contributed by atoms with Crippen LogP contribution in [0, 0.1) is 0 Å². The molecule has 0 atom stereocenters. The average molecular weight is 277 g/mol. The summed E-state index contributed by atoms with van der Waals surface area (Å²) < 4.78 is 5.62. The fourth-order valence-corrected chi connectivity index (χ4v) is 1.57. The van der Waals surface area contributed by atoms with Crippen molar-refractivity contribution in [3.63, 3.8) is 0 Å². The standard InChI is InChI=1S/C15H23N3O2/c1-12(19)17-9-10-18(4)13(2)20-11-14-5-7-15(16-3)8-6-14/h5-8,16H,2,9-11H2,1,3-4H3,(H,17,19). The highest BCUT2D eigenvalue weighted by Gasteiger charge is 2.04. The largest absolute Gasteiger partial charge is 0.475 e. The molecule has 20 heavy (non-hydrogen) atoms. The first-order valence-corrected chi connectivity index (χ1v) is 6.57. The Morgan fingerprint density at radius 1 is 1.35 bits per heavy atom. The van der Waals surface area contributed by atoms with E-state index in [-0.39, 0.29) is 5.91 Å². The molecule has 0 aliphatic carbocycles. The van der Waals surface area contributed by atoms with Gasteiger partial charge in [-0.2, -0.15) is 0 Å². The van der Waals surface area contributed by atoms with E-state index in [1.165, 1.54) is 6.92 Å². The van der Waals surface area contributed by atoms with Crippen molar-refractivity contribution in [3.8, 4) is 0 Å². The lowest BCUT2D eigenvalue weighted by atomic mass is 10.2. The molecule has 1 amide bonds. The molecule has 0 spiro atoms. The first-order chi connectivity index (χ1) is 9.52. The van der Waals surface area contributed by atoms with Crippen LogP contribution in [0.15, 0.2) is 36.7 Å². The van der Waals surface area contributed by atoms with E-state index in [1.807, 2.05) is 43.3 Å². The Hall–Kier alpha value is -2.17. The van der Waals surface area contributed by atoms with Crippen LogP contribution in [-0.4, -0.2) is 38.0 Å². The fourth-order valence-electron chi connectivity index (χ4n) is 1.57. The molecule has 0 fully saturated rings. The van der Waals surface area contributed by atoms with E-state index in [4.69, 9.17) is 4.74 Å². The summed E-state index contributed by atoms with van der Waals surface area (Å²) in [6, 6.07) is 8.02. The van der Waals surface area contributed by atoms with Gasteiger partial charge in [0.1, 0.15) is 6.61 Å². The van der Waals surface area contributed by atoms with Crippen molar-refractivity contribution in [1.82, 2.24) is 10.2 Å². The molecule has 0 aliphatic heterocycles. The van der Waals surface area contributed by atoms with E-state index in [0.717, 1.165) is 11.3 Å². The summed E-state index contributed by atoms with van der Waals surface area (Å²) >= 11 is 0. The summed E-state index contributed by atoms with van der Waals surface area (Å²) in [6.45, 7) is 7.10. The molecule has 0 aliphatic rings. The van der Waals surface area contributed by atoms with E-state index in [0.29, 0.717) is 25.6 Å². The molecule has 2 N–H and O–H groups in total. The molecule has 5 heteroatoms. The van der Waals surface area contributed by atoms with Gasteiger partial charge in [-0.3, -0.25) is 4.79 Å². The molecule has 0 saturated heterocycles. The number of rotatable bonds is 8. The van der Waals surface area contributed by atoms with Crippen molar-refractivity contribution in [1.29, 1.82) is 0 Å². The van der Waals surface area contributed by atoms with Gasteiger partial charge in [0, 0.05) is 39.8 Å². The number of amides is 1. The number of nitrogens with zero attached hydrogens (tertiary/aromatic N) is 1. The fraction of sp³-hybridized carbons (Fsp3) is 0.400. The number of hydrogen-bond donors (Lipinski definition) is 2. The zero-order chi connectivity index (χ0) is 15.0. The van der Waals surface area contributed by atoms with E-state index < -0.39 is 0 Å². The third-order valence-corrected chi connectivity index (χ3v) is 2.89. The van der Waals surface area contributed by atoms with Crippen LogP contribution in [0.5, 0.6) is 0 Å². The highest BCUT2D eigenvalue weighted by molar-refractivity contribution is 5.72. The molecule has 0 heterocycles. The zero-order valence-electron chi connectivity index (χ0n) is 12.4. The first kappa shape index (κ1) is 15.9. The predicted molar refractivity (Wildman–Crippen MR) is 81.2 cm³/mol. The molecule has 1 rings (SSSR count). The van der Waals surface area contributed by atoms with Gasteiger partial charge in [-0.05, 0) is 24.3 Å². The summed E-state index contributed by atoms with van der Waals surface area (Å²) in [4.78, 5) is 12.6. The Morgan fingerprint density at radius 2 is 2.00 bits per heavy atom. The summed E-state index contributed by atoms with van der Waals surface area (Å²) in [7, 11) is 3.77. The van der Waals surface area contributed by atoms with Gasteiger partial charge in [-0.25, -0.2) is 0 Å². The maximum Gasteiger partial charge on any atom is 0.216 e. The highest BCUT2D eigenvalue weighted by Crippen LogP contribution is 2.11. The van der Waals surface area contributed by atoms with Gasteiger partial charge in [0.05, 0.1) is 0 Å². The third-order valence-electron chi connectivity index (χ3n) is 2.89. The van der Waals surface area contributed by atoms with Crippen LogP contribution >= 0.6 is 0 Å². The normalized spacial score (nSPS) is 9.75. The molecular formula is C15H23N3O2. The molecule has 0 aromatic heterocycles. The van der Waals surface area contributed by atoms with Crippen molar-refractivity contribution < 1.29 is 9.53 Å². The average Bonchev–Trinajstić information content (AvgIpc) is 2.44. The Kier molecular flexibility index (Phi) is 6.43. The maximum atomic E-state index is 10.8. The number of hydrogen-bond acceptors (Lipinski definition) is 4. The molecule has 0 saturated carbocycles. The van der Waals surface area contributed by atoms with Gasteiger partial charge >= 0.3 is 0 Å². The van der Waals surface area contributed by atoms with Crippen LogP contribution in [0.4, 0.5) is 5.69 Å². The molecule has 5 nitrogen and oxygen atoms in total. The molecule has 110 valence electrons.